The fraction of sp³-hybridized carbons (Fsp3) is 0.286. The molecule has 3 heteroatoms. The molecule has 1 aliphatic carbocycles. The molecule has 0 spiro atoms. The van der Waals surface area contributed by atoms with E-state index in [0.29, 0.717) is 6.42 Å². The van der Waals surface area contributed by atoms with Crippen LogP contribution in [0.4, 0.5) is 0 Å². The van der Waals surface area contributed by atoms with Crippen molar-refractivity contribution in [3.8, 4) is 0 Å². The van der Waals surface area contributed by atoms with E-state index in [9.17, 15) is 4.79 Å². The molecule has 0 radical (unpaired) electrons. The zero-order chi connectivity index (χ0) is 11.8. The van der Waals surface area contributed by atoms with Crippen molar-refractivity contribution in [3.63, 3.8) is 0 Å². The molecule has 0 amide bonds. The van der Waals surface area contributed by atoms with E-state index < -0.39 is 0 Å². The summed E-state index contributed by atoms with van der Waals surface area (Å²) in [4.78, 5) is 12.1. The van der Waals surface area contributed by atoms with Crippen molar-refractivity contribution in [1.82, 2.24) is 9.78 Å². The van der Waals surface area contributed by atoms with Gasteiger partial charge in [0.2, 0.25) is 0 Å². The summed E-state index contributed by atoms with van der Waals surface area (Å²) >= 11 is 0. The molecular weight excluding hydrogens is 212 g/mol. The Morgan fingerprint density at radius 1 is 1.41 bits per heavy atom. The van der Waals surface area contributed by atoms with Crippen LogP contribution in [0.5, 0.6) is 0 Å². The van der Waals surface area contributed by atoms with Crippen LogP contribution in [-0.2, 0) is 24.7 Å². The van der Waals surface area contributed by atoms with Crippen LogP contribution in [0.3, 0.4) is 0 Å². The van der Waals surface area contributed by atoms with Crippen LogP contribution in [-0.4, -0.2) is 15.6 Å². The summed E-state index contributed by atoms with van der Waals surface area (Å²) in [7, 11) is 1.87. The maximum atomic E-state index is 12.1. The van der Waals surface area contributed by atoms with E-state index in [1.54, 1.807) is 4.68 Å². The zero-order valence-electron chi connectivity index (χ0n) is 9.76. The van der Waals surface area contributed by atoms with Crippen molar-refractivity contribution >= 4 is 5.78 Å². The minimum Gasteiger partial charge on any atom is -0.299 e. The first-order valence-corrected chi connectivity index (χ1v) is 5.83. The van der Waals surface area contributed by atoms with Crippen molar-refractivity contribution in [2.24, 2.45) is 7.05 Å². The number of carbonyl (C=O) groups excluding carboxylic acids is 1. The normalized spacial score (nSPS) is 17.4. The van der Waals surface area contributed by atoms with Crippen molar-refractivity contribution in [2.45, 2.75) is 18.8 Å². The Balaban J connectivity index is 1.73. The molecule has 1 aromatic heterocycles. The molecule has 0 fully saturated rings. The summed E-state index contributed by atoms with van der Waals surface area (Å²) in [6, 6.07) is 10.1. The molecule has 1 atom stereocenters. The third kappa shape index (κ3) is 1.78. The minimum absolute atomic E-state index is 0.0909. The van der Waals surface area contributed by atoms with Gasteiger partial charge in [0.25, 0.3) is 0 Å². The third-order valence-corrected chi connectivity index (χ3v) is 3.37. The van der Waals surface area contributed by atoms with Gasteiger partial charge in [-0.1, -0.05) is 24.3 Å². The topological polar surface area (TPSA) is 34.9 Å². The van der Waals surface area contributed by atoms with Crippen LogP contribution < -0.4 is 0 Å². The van der Waals surface area contributed by atoms with E-state index in [2.05, 4.69) is 17.2 Å². The highest BCUT2D eigenvalue weighted by molar-refractivity contribution is 5.90. The Labute approximate surface area is 100 Å². The first kappa shape index (κ1) is 10.3. The van der Waals surface area contributed by atoms with Crippen molar-refractivity contribution in [2.75, 3.05) is 0 Å². The van der Waals surface area contributed by atoms with Crippen LogP contribution in [0.25, 0.3) is 0 Å². The largest absolute Gasteiger partial charge is 0.299 e. The molecule has 1 aliphatic rings. The van der Waals surface area contributed by atoms with E-state index in [1.165, 1.54) is 11.1 Å². The van der Waals surface area contributed by atoms with Crippen molar-refractivity contribution in [1.29, 1.82) is 0 Å². The first-order chi connectivity index (χ1) is 8.24. The van der Waals surface area contributed by atoms with E-state index in [-0.39, 0.29) is 11.7 Å². The van der Waals surface area contributed by atoms with Gasteiger partial charge < -0.3 is 0 Å². The van der Waals surface area contributed by atoms with Gasteiger partial charge in [-0.25, -0.2) is 0 Å². The van der Waals surface area contributed by atoms with Gasteiger partial charge >= 0.3 is 0 Å². The van der Waals surface area contributed by atoms with Gasteiger partial charge in [0.15, 0.2) is 0 Å². The zero-order valence-corrected chi connectivity index (χ0v) is 9.76. The molecule has 1 aromatic carbocycles. The highest BCUT2D eigenvalue weighted by Gasteiger charge is 2.31. The Kier molecular flexibility index (Phi) is 2.32. The number of aryl methyl sites for hydroxylation is 1. The lowest BCUT2D eigenvalue weighted by atomic mass is 9.74. The van der Waals surface area contributed by atoms with Crippen LogP contribution in [0.1, 0.15) is 22.7 Å². The first-order valence-electron chi connectivity index (χ1n) is 5.83. The van der Waals surface area contributed by atoms with Gasteiger partial charge in [-0.2, -0.15) is 5.10 Å². The molecule has 3 rings (SSSR count). The highest BCUT2D eigenvalue weighted by atomic mass is 16.1. The second-order valence-corrected chi connectivity index (χ2v) is 4.58. The molecule has 1 heterocycles. The fourth-order valence-electron chi connectivity index (χ4n) is 2.41. The summed E-state index contributed by atoms with van der Waals surface area (Å²) in [6.45, 7) is 0. The third-order valence-electron chi connectivity index (χ3n) is 3.37. The maximum absolute atomic E-state index is 12.1. The lowest BCUT2D eigenvalue weighted by molar-refractivity contribution is -0.120. The highest BCUT2D eigenvalue weighted by Crippen LogP contribution is 2.35. The van der Waals surface area contributed by atoms with Crippen LogP contribution in [0, 0.1) is 0 Å². The van der Waals surface area contributed by atoms with Gasteiger partial charge in [0.1, 0.15) is 5.78 Å². The van der Waals surface area contributed by atoms with Crippen LogP contribution in [0.2, 0.25) is 0 Å². The molecule has 86 valence electrons. The second kappa shape index (κ2) is 3.84. The number of ketones is 1. The number of aromatic nitrogens is 2. The molecule has 3 nitrogen and oxygen atoms in total. The Bertz CT molecular complexity index is 571. The van der Waals surface area contributed by atoms with E-state index >= 15 is 0 Å². The lowest BCUT2D eigenvalue weighted by Gasteiger charge is -2.28. The molecule has 1 unspecified atom stereocenters. The number of hydrogen-bond acceptors (Lipinski definition) is 2. The maximum Gasteiger partial charge on any atom is 0.146 e. The number of carbonyl (C=O) groups is 1. The SMILES string of the molecule is Cn1ccc(CC(=O)C2Cc3ccccc32)n1. The molecular formula is C14H14N2O. The minimum atomic E-state index is 0.0909. The average Bonchev–Trinajstić information content (AvgIpc) is 2.66. The van der Waals surface area contributed by atoms with Crippen molar-refractivity contribution < 1.29 is 4.79 Å². The number of Topliss-reactive ketones (excluding diaryl/α,β-unsaturated/α-hetero) is 1. The predicted molar refractivity (Wildman–Crippen MR) is 64.8 cm³/mol. The monoisotopic (exact) mass is 226 g/mol. The summed E-state index contributed by atoms with van der Waals surface area (Å²) in [5.74, 6) is 0.371. The molecule has 0 N–H and O–H groups in total. The predicted octanol–water partition coefficient (Wildman–Crippen LogP) is 1.87. The van der Waals surface area contributed by atoms with E-state index in [0.717, 1.165) is 12.1 Å². The van der Waals surface area contributed by atoms with Gasteiger partial charge in [-0.15, -0.1) is 0 Å². The van der Waals surface area contributed by atoms with E-state index in [4.69, 9.17) is 0 Å². The van der Waals surface area contributed by atoms with Gasteiger partial charge in [-0.3, -0.25) is 9.48 Å². The molecule has 0 bridgehead atoms. The molecule has 17 heavy (non-hydrogen) atoms. The van der Waals surface area contributed by atoms with Gasteiger partial charge in [0, 0.05) is 19.2 Å². The smallest absolute Gasteiger partial charge is 0.146 e. The van der Waals surface area contributed by atoms with E-state index in [1.807, 2.05) is 31.4 Å². The van der Waals surface area contributed by atoms with Gasteiger partial charge in [-0.05, 0) is 23.6 Å². The average molecular weight is 226 g/mol. The van der Waals surface area contributed by atoms with Crippen LogP contribution >= 0.6 is 0 Å². The molecule has 0 saturated heterocycles. The molecule has 0 aliphatic heterocycles. The summed E-state index contributed by atoms with van der Waals surface area (Å²) in [6.07, 6.45) is 3.21. The summed E-state index contributed by atoms with van der Waals surface area (Å²) in [5.41, 5.74) is 3.38. The van der Waals surface area contributed by atoms with Crippen molar-refractivity contribution in [3.05, 3.63) is 53.3 Å². The number of fused-ring (bicyclic) bond motifs is 1. The standard InChI is InChI=1S/C14H14N2O/c1-16-7-6-11(15-16)9-14(17)13-8-10-4-2-3-5-12(10)13/h2-7,13H,8-9H2,1H3. The number of benzene rings is 1. The summed E-state index contributed by atoms with van der Waals surface area (Å²) in [5, 5.41) is 4.24. The lowest BCUT2D eigenvalue weighted by Crippen LogP contribution is -2.26. The second-order valence-electron chi connectivity index (χ2n) is 4.58. The quantitative estimate of drug-likeness (QED) is 0.800. The molecule has 2 aromatic rings. The van der Waals surface area contributed by atoms with Gasteiger partial charge in [0.05, 0.1) is 12.1 Å². The Morgan fingerprint density at radius 3 is 2.94 bits per heavy atom. The Hall–Kier alpha value is -1.90. The number of rotatable bonds is 3. The Morgan fingerprint density at radius 2 is 2.24 bits per heavy atom. The fourth-order valence-corrected chi connectivity index (χ4v) is 2.41. The van der Waals surface area contributed by atoms with Crippen LogP contribution in [0.15, 0.2) is 36.5 Å². The summed E-state index contributed by atoms with van der Waals surface area (Å²) < 4.78 is 1.73. The number of hydrogen-bond donors (Lipinski definition) is 0. The molecule has 0 saturated carbocycles. The number of nitrogens with zero attached hydrogens (tertiary/aromatic N) is 2.